The predicted octanol–water partition coefficient (Wildman–Crippen LogP) is 1.54. The highest BCUT2D eigenvalue weighted by Crippen LogP contribution is 2.38. The normalized spacial score (nSPS) is 34.7. The molecule has 0 saturated carbocycles. The minimum atomic E-state index is 0.113. The Balaban J connectivity index is 1.81. The lowest BCUT2D eigenvalue weighted by Gasteiger charge is -2.16. The third-order valence-electron chi connectivity index (χ3n) is 3.59. The molecule has 1 aromatic heterocycles. The number of aromatic nitrogens is 2. The van der Waals surface area contributed by atoms with Gasteiger partial charge in [0, 0.05) is 12.3 Å². The van der Waals surface area contributed by atoms with Crippen molar-refractivity contribution in [3.63, 3.8) is 0 Å². The van der Waals surface area contributed by atoms with E-state index in [1.165, 1.54) is 5.75 Å². The Hall–Kier alpha value is -0.550. The molecule has 2 unspecified atom stereocenters. The van der Waals surface area contributed by atoms with Crippen LogP contribution < -0.4 is 5.32 Å². The molecule has 0 bridgehead atoms. The van der Waals surface area contributed by atoms with Gasteiger partial charge in [-0.1, -0.05) is 0 Å². The van der Waals surface area contributed by atoms with Gasteiger partial charge in [-0.15, -0.1) is 10.2 Å². The van der Waals surface area contributed by atoms with Crippen molar-refractivity contribution in [1.82, 2.24) is 15.5 Å². The van der Waals surface area contributed by atoms with E-state index in [0.717, 1.165) is 43.5 Å². The van der Waals surface area contributed by atoms with Crippen molar-refractivity contribution in [2.45, 2.75) is 31.1 Å². The number of nitrogens with zero attached hydrogens (tertiary/aromatic N) is 2. The third-order valence-corrected chi connectivity index (χ3v) is 4.92. The first-order valence-corrected chi connectivity index (χ1v) is 7.06. The Kier molecular flexibility index (Phi) is 2.67. The number of rotatable bonds is 2. The first kappa shape index (κ1) is 10.6. The molecule has 5 heteroatoms. The summed E-state index contributed by atoms with van der Waals surface area (Å²) >= 11 is 1.98. The summed E-state index contributed by atoms with van der Waals surface area (Å²) in [4.78, 5) is 0. The molecule has 2 atom stereocenters. The lowest BCUT2D eigenvalue weighted by atomic mass is 9.90. The molecule has 0 spiro atoms. The lowest BCUT2D eigenvalue weighted by molar-refractivity contribution is 0.347. The van der Waals surface area contributed by atoms with E-state index in [1.54, 1.807) is 0 Å². The standard InChI is InChI=1S/C11H17N3OS/c1-11(3-5-16-7-11)10-14-13-9(15-10)8-2-4-12-6-8/h8,12H,2-7H2,1H3. The number of hydrogen-bond acceptors (Lipinski definition) is 5. The molecule has 3 heterocycles. The van der Waals surface area contributed by atoms with Crippen molar-refractivity contribution in [3.05, 3.63) is 11.8 Å². The summed E-state index contributed by atoms with van der Waals surface area (Å²) in [5, 5.41) is 11.8. The summed E-state index contributed by atoms with van der Waals surface area (Å²) in [7, 11) is 0. The molecule has 3 rings (SSSR count). The second-order valence-corrected chi connectivity index (χ2v) is 6.10. The smallest absolute Gasteiger partial charge is 0.223 e. The molecule has 16 heavy (non-hydrogen) atoms. The van der Waals surface area contributed by atoms with Gasteiger partial charge in [-0.3, -0.25) is 0 Å². The van der Waals surface area contributed by atoms with Gasteiger partial charge in [0.05, 0.1) is 11.3 Å². The number of hydrogen-bond donors (Lipinski definition) is 1. The Morgan fingerprint density at radius 1 is 1.50 bits per heavy atom. The molecule has 2 aliphatic heterocycles. The zero-order valence-corrected chi connectivity index (χ0v) is 10.3. The van der Waals surface area contributed by atoms with Crippen molar-refractivity contribution >= 4 is 11.8 Å². The SMILES string of the molecule is CC1(c2nnc(C3CCNC3)o2)CCSC1. The molecular weight excluding hydrogens is 222 g/mol. The highest BCUT2D eigenvalue weighted by atomic mass is 32.2. The molecule has 88 valence electrons. The minimum absolute atomic E-state index is 0.113. The van der Waals surface area contributed by atoms with E-state index >= 15 is 0 Å². The van der Waals surface area contributed by atoms with Crippen LogP contribution in [0.15, 0.2) is 4.42 Å². The summed E-state index contributed by atoms with van der Waals surface area (Å²) in [5.74, 6) is 4.42. The topological polar surface area (TPSA) is 51.0 Å². The summed E-state index contributed by atoms with van der Waals surface area (Å²) in [6.07, 6.45) is 2.27. The van der Waals surface area contributed by atoms with Gasteiger partial charge in [0.15, 0.2) is 0 Å². The van der Waals surface area contributed by atoms with Gasteiger partial charge in [0.1, 0.15) is 0 Å². The summed E-state index contributed by atoms with van der Waals surface area (Å²) in [6.45, 7) is 4.28. The van der Waals surface area contributed by atoms with Crippen LogP contribution in [0.5, 0.6) is 0 Å². The maximum Gasteiger partial charge on any atom is 0.223 e. The van der Waals surface area contributed by atoms with Crippen LogP contribution in [-0.4, -0.2) is 34.8 Å². The monoisotopic (exact) mass is 239 g/mol. The van der Waals surface area contributed by atoms with Crippen LogP contribution in [0.4, 0.5) is 0 Å². The largest absolute Gasteiger partial charge is 0.424 e. The van der Waals surface area contributed by atoms with Gasteiger partial charge in [-0.05, 0) is 32.1 Å². The van der Waals surface area contributed by atoms with E-state index in [4.69, 9.17) is 4.42 Å². The van der Waals surface area contributed by atoms with Crippen LogP contribution in [0.2, 0.25) is 0 Å². The Morgan fingerprint density at radius 2 is 2.44 bits per heavy atom. The predicted molar refractivity (Wildman–Crippen MR) is 63.8 cm³/mol. The van der Waals surface area contributed by atoms with Gasteiger partial charge >= 0.3 is 0 Å². The minimum Gasteiger partial charge on any atom is -0.424 e. The summed E-state index contributed by atoms with van der Waals surface area (Å²) in [6, 6.07) is 0. The van der Waals surface area contributed by atoms with Crippen LogP contribution in [0.3, 0.4) is 0 Å². The van der Waals surface area contributed by atoms with E-state index in [1.807, 2.05) is 11.8 Å². The van der Waals surface area contributed by atoms with Crippen molar-refractivity contribution in [2.24, 2.45) is 0 Å². The van der Waals surface area contributed by atoms with Crippen LogP contribution in [0, 0.1) is 0 Å². The summed E-state index contributed by atoms with van der Waals surface area (Å²) < 4.78 is 5.88. The molecule has 2 fully saturated rings. The van der Waals surface area contributed by atoms with E-state index < -0.39 is 0 Å². The molecule has 1 N–H and O–H groups in total. The molecule has 2 saturated heterocycles. The van der Waals surface area contributed by atoms with Gasteiger partial charge in [0.25, 0.3) is 0 Å². The molecule has 1 aromatic rings. The molecule has 0 aliphatic carbocycles. The fourth-order valence-corrected chi connectivity index (χ4v) is 3.80. The molecule has 0 aromatic carbocycles. The summed E-state index contributed by atoms with van der Waals surface area (Å²) in [5.41, 5.74) is 0.113. The second kappa shape index (κ2) is 4.04. The van der Waals surface area contributed by atoms with Gasteiger partial charge in [-0.2, -0.15) is 11.8 Å². The Bertz CT molecular complexity index is 367. The third kappa shape index (κ3) is 1.76. The zero-order chi connectivity index (χ0) is 11.0. The van der Waals surface area contributed by atoms with Gasteiger partial charge in [-0.25, -0.2) is 0 Å². The number of nitrogens with one attached hydrogen (secondary N) is 1. The average Bonchev–Trinajstić information content (AvgIpc) is 2.98. The van der Waals surface area contributed by atoms with Crippen LogP contribution in [0.25, 0.3) is 0 Å². The highest BCUT2D eigenvalue weighted by molar-refractivity contribution is 7.99. The first-order valence-electron chi connectivity index (χ1n) is 5.90. The molecule has 0 amide bonds. The van der Waals surface area contributed by atoms with Crippen LogP contribution in [0.1, 0.15) is 37.5 Å². The van der Waals surface area contributed by atoms with Gasteiger partial charge < -0.3 is 9.73 Å². The molecular formula is C11H17N3OS. The quantitative estimate of drug-likeness (QED) is 0.848. The van der Waals surface area contributed by atoms with E-state index in [9.17, 15) is 0 Å². The van der Waals surface area contributed by atoms with Crippen molar-refractivity contribution in [1.29, 1.82) is 0 Å². The van der Waals surface area contributed by atoms with Crippen molar-refractivity contribution < 1.29 is 4.42 Å². The van der Waals surface area contributed by atoms with Crippen molar-refractivity contribution in [3.8, 4) is 0 Å². The van der Waals surface area contributed by atoms with E-state index in [-0.39, 0.29) is 5.41 Å². The fourth-order valence-electron chi connectivity index (χ4n) is 2.34. The second-order valence-electron chi connectivity index (χ2n) is 5.00. The first-order chi connectivity index (χ1) is 7.78. The van der Waals surface area contributed by atoms with E-state index in [2.05, 4.69) is 22.4 Å². The Labute approximate surface area is 99.6 Å². The lowest BCUT2D eigenvalue weighted by Crippen LogP contribution is -2.21. The maximum atomic E-state index is 5.88. The van der Waals surface area contributed by atoms with Crippen LogP contribution in [-0.2, 0) is 5.41 Å². The molecule has 4 nitrogen and oxygen atoms in total. The van der Waals surface area contributed by atoms with Gasteiger partial charge in [0.2, 0.25) is 11.8 Å². The Morgan fingerprint density at radius 3 is 3.12 bits per heavy atom. The van der Waals surface area contributed by atoms with Crippen molar-refractivity contribution in [2.75, 3.05) is 24.6 Å². The highest BCUT2D eigenvalue weighted by Gasteiger charge is 2.37. The average molecular weight is 239 g/mol. The van der Waals surface area contributed by atoms with E-state index in [0.29, 0.717) is 5.92 Å². The van der Waals surface area contributed by atoms with Crippen LogP contribution >= 0.6 is 11.8 Å². The zero-order valence-electron chi connectivity index (χ0n) is 9.53. The molecule has 2 aliphatic rings. The maximum absolute atomic E-state index is 5.88. The fraction of sp³-hybridized carbons (Fsp3) is 0.818. The molecule has 0 radical (unpaired) electrons. The number of thioether (sulfide) groups is 1.